The molecular formula is C17H25BrFN3O. The topological polar surface area (TPSA) is 35.6 Å². The number of halogens is 2. The van der Waals surface area contributed by atoms with E-state index in [4.69, 9.17) is 0 Å². The van der Waals surface area contributed by atoms with Crippen molar-refractivity contribution in [3.8, 4) is 0 Å². The fraction of sp³-hybridized carbons (Fsp3) is 0.588. The Morgan fingerprint density at radius 3 is 2.57 bits per heavy atom. The molecule has 0 aromatic heterocycles. The minimum Gasteiger partial charge on any atom is -0.353 e. The van der Waals surface area contributed by atoms with E-state index in [1.807, 2.05) is 13.0 Å². The number of nitrogens with one attached hydrogen (secondary N) is 1. The molecule has 1 amide bonds. The normalized spacial score (nSPS) is 17.9. The van der Waals surface area contributed by atoms with Crippen LogP contribution >= 0.6 is 15.9 Å². The van der Waals surface area contributed by atoms with E-state index in [-0.39, 0.29) is 17.8 Å². The molecule has 1 aliphatic rings. The highest BCUT2D eigenvalue weighted by molar-refractivity contribution is 9.10. The van der Waals surface area contributed by atoms with E-state index in [1.54, 1.807) is 0 Å². The Bertz CT molecular complexity index is 533. The van der Waals surface area contributed by atoms with Gasteiger partial charge in [-0.1, -0.05) is 28.9 Å². The summed E-state index contributed by atoms with van der Waals surface area (Å²) < 4.78 is 13.9. The van der Waals surface area contributed by atoms with E-state index in [1.165, 1.54) is 12.1 Å². The molecule has 1 atom stereocenters. The lowest BCUT2D eigenvalue weighted by Crippen LogP contribution is -2.49. The monoisotopic (exact) mass is 385 g/mol. The Balaban J connectivity index is 1.76. The Labute approximate surface area is 146 Å². The van der Waals surface area contributed by atoms with Crippen LogP contribution in [0.5, 0.6) is 0 Å². The SMILES string of the molecule is CCC(C)NC(=O)CN1CCN(Cc2ccc(F)cc2Br)CC1. The van der Waals surface area contributed by atoms with Crippen LogP contribution in [0.1, 0.15) is 25.8 Å². The smallest absolute Gasteiger partial charge is 0.234 e. The molecular weight excluding hydrogens is 361 g/mol. The summed E-state index contributed by atoms with van der Waals surface area (Å²) in [6.07, 6.45) is 0.950. The van der Waals surface area contributed by atoms with Crippen molar-refractivity contribution >= 4 is 21.8 Å². The molecule has 1 aromatic rings. The van der Waals surface area contributed by atoms with Crippen LogP contribution in [0.3, 0.4) is 0 Å². The van der Waals surface area contributed by atoms with Crippen molar-refractivity contribution < 1.29 is 9.18 Å². The number of carbonyl (C=O) groups is 1. The first kappa shape index (κ1) is 18.4. The average molecular weight is 386 g/mol. The highest BCUT2D eigenvalue weighted by atomic mass is 79.9. The van der Waals surface area contributed by atoms with Gasteiger partial charge >= 0.3 is 0 Å². The molecule has 4 nitrogen and oxygen atoms in total. The molecule has 0 aliphatic carbocycles. The van der Waals surface area contributed by atoms with Gasteiger partial charge in [-0.2, -0.15) is 0 Å². The largest absolute Gasteiger partial charge is 0.353 e. The Hall–Kier alpha value is -0.980. The molecule has 0 saturated carbocycles. The van der Waals surface area contributed by atoms with E-state index in [9.17, 15) is 9.18 Å². The first-order chi connectivity index (χ1) is 11.0. The molecule has 1 N–H and O–H groups in total. The summed E-state index contributed by atoms with van der Waals surface area (Å²) in [4.78, 5) is 16.4. The van der Waals surface area contributed by atoms with E-state index in [0.717, 1.165) is 49.2 Å². The summed E-state index contributed by atoms with van der Waals surface area (Å²) in [6.45, 7) is 8.96. The van der Waals surface area contributed by atoms with Gasteiger partial charge in [-0.25, -0.2) is 4.39 Å². The Morgan fingerprint density at radius 2 is 1.96 bits per heavy atom. The summed E-state index contributed by atoms with van der Waals surface area (Å²) in [5.74, 6) is -0.119. The lowest BCUT2D eigenvalue weighted by molar-refractivity contribution is -0.123. The summed E-state index contributed by atoms with van der Waals surface area (Å²) in [5, 5.41) is 3.00. The maximum Gasteiger partial charge on any atom is 0.234 e. The molecule has 1 saturated heterocycles. The van der Waals surface area contributed by atoms with Crippen LogP contribution in [0.4, 0.5) is 4.39 Å². The third-order valence-corrected chi connectivity index (χ3v) is 5.00. The van der Waals surface area contributed by atoms with Crippen LogP contribution in [0.25, 0.3) is 0 Å². The summed E-state index contributed by atoms with van der Waals surface area (Å²) >= 11 is 3.42. The number of nitrogens with zero attached hydrogens (tertiary/aromatic N) is 2. The first-order valence-electron chi connectivity index (χ1n) is 8.16. The highest BCUT2D eigenvalue weighted by Gasteiger charge is 2.20. The summed E-state index contributed by atoms with van der Waals surface area (Å²) in [6, 6.07) is 5.06. The maximum atomic E-state index is 13.1. The zero-order chi connectivity index (χ0) is 16.8. The first-order valence-corrected chi connectivity index (χ1v) is 8.95. The van der Waals surface area contributed by atoms with Crippen LogP contribution in [0.2, 0.25) is 0 Å². The van der Waals surface area contributed by atoms with Crippen molar-refractivity contribution in [1.82, 2.24) is 15.1 Å². The number of benzene rings is 1. The van der Waals surface area contributed by atoms with Gasteiger partial charge in [0.25, 0.3) is 0 Å². The van der Waals surface area contributed by atoms with Crippen molar-refractivity contribution in [3.63, 3.8) is 0 Å². The molecule has 0 radical (unpaired) electrons. The third kappa shape index (κ3) is 5.86. The third-order valence-electron chi connectivity index (χ3n) is 4.26. The molecule has 23 heavy (non-hydrogen) atoms. The van der Waals surface area contributed by atoms with Crippen molar-refractivity contribution in [2.24, 2.45) is 0 Å². The quantitative estimate of drug-likeness (QED) is 0.817. The summed E-state index contributed by atoms with van der Waals surface area (Å²) in [5.41, 5.74) is 1.09. The lowest BCUT2D eigenvalue weighted by atomic mass is 10.2. The van der Waals surface area contributed by atoms with Gasteiger partial charge in [0.15, 0.2) is 0 Å². The number of hydrogen-bond acceptors (Lipinski definition) is 3. The molecule has 0 spiro atoms. The predicted octanol–water partition coefficient (Wildman–Crippen LogP) is 2.62. The van der Waals surface area contributed by atoms with E-state index >= 15 is 0 Å². The minimum atomic E-state index is -0.224. The molecule has 0 bridgehead atoms. The van der Waals surface area contributed by atoms with Crippen LogP contribution in [-0.2, 0) is 11.3 Å². The van der Waals surface area contributed by atoms with Gasteiger partial charge in [-0.05, 0) is 31.0 Å². The average Bonchev–Trinajstić information content (AvgIpc) is 2.51. The fourth-order valence-corrected chi connectivity index (χ4v) is 3.10. The zero-order valence-corrected chi connectivity index (χ0v) is 15.4. The number of amides is 1. The molecule has 6 heteroatoms. The Kier molecular flexibility index (Phi) is 6.99. The van der Waals surface area contributed by atoms with Crippen LogP contribution in [0.15, 0.2) is 22.7 Å². The molecule has 1 heterocycles. The van der Waals surface area contributed by atoms with Crippen molar-refractivity contribution in [1.29, 1.82) is 0 Å². The van der Waals surface area contributed by atoms with Crippen molar-refractivity contribution in [2.45, 2.75) is 32.9 Å². The molecule has 1 unspecified atom stereocenters. The second-order valence-electron chi connectivity index (χ2n) is 6.16. The van der Waals surface area contributed by atoms with Crippen molar-refractivity contribution in [2.75, 3.05) is 32.7 Å². The molecule has 1 aromatic carbocycles. The fourth-order valence-electron chi connectivity index (χ4n) is 2.62. The zero-order valence-electron chi connectivity index (χ0n) is 13.8. The molecule has 2 rings (SSSR count). The predicted molar refractivity (Wildman–Crippen MR) is 93.7 cm³/mol. The standard InChI is InChI=1S/C17H25BrFN3O/c1-3-13(2)20-17(23)12-22-8-6-21(7-9-22)11-14-4-5-15(19)10-16(14)18/h4-5,10,13H,3,6-9,11-12H2,1-2H3,(H,20,23). The van der Waals surface area contributed by atoms with Gasteiger partial charge < -0.3 is 5.32 Å². The molecule has 128 valence electrons. The maximum absolute atomic E-state index is 13.1. The second-order valence-corrected chi connectivity index (χ2v) is 7.02. The number of carbonyl (C=O) groups excluding carboxylic acids is 1. The van der Waals surface area contributed by atoms with Crippen LogP contribution in [-0.4, -0.2) is 54.5 Å². The van der Waals surface area contributed by atoms with Crippen LogP contribution in [0, 0.1) is 5.82 Å². The van der Waals surface area contributed by atoms with Gasteiger partial charge in [-0.15, -0.1) is 0 Å². The molecule has 1 aliphatic heterocycles. The second kappa shape index (κ2) is 8.76. The van der Waals surface area contributed by atoms with Gasteiger partial charge in [0.05, 0.1) is 6.54 Å². The number of hydrogen-bond donors (Lipinski definition) is 1. The summed E-state index contributed by atoms with van der Waals surface area (Å²) in [7, 11) is 0. The molecule has 1 fully saturated rings. The van der Waals surface area contributed by atoms with Gasteiger partial charge in [0.1, 0.15) is 5.82 Å². The van der Waals surface area contributed by atoms with Gasteiger partial charge in [-0.3, -0.25) is 14.6 Å². The van der Waals surface area contributed by atoms with E-state index in [0.29, 0.717) is 6.54 Å². The van der Waals surface area contributed by atoms with Gasteiger partial charge in [0, 0.05) is 43.2 Å². The Morgan fingerprint density at radius 1 is 1.30 bits per heavy atom. The van der Waals surface area contributed by atoms with Crippen molar-refractivity contribution in [3.05, 3.63) is 34.1 Å². The van der Waals surface area contributed by atoms with Crippen LogP contribution < -0.4 is 5.32 Å². The minimum absolute atomic E-state index is 0.106. The number of piperazine rings is 1. The van der Waals surface area contributed by atoms with Gasteiger partial charge in [0.2, 0.25) is 5.91 Å². The number of rotatable bonds is 6. The van der Waals surface area contributed by atoms with E-state index in [2.05, 4.69) is 38.0 Å². The van der Waals surface area contributed by atoms with E-state index < -0.39 is 0 Å². The lowest BCUT2D eigenvalue weighted by Gasteiger charge is -2.34. The highest BCUT2D eigenvalue weighted by Crippen LogP contribution is 2.20.